The molecule has 23 heavy (non-hydrogen) atoms. The van der Waals surface area contributed by atoms with Gasteiger partial charge in [0.1, 0.15) is 11.6 Å². The Balaban J connectivity index is 2.65. The third-order valence-corrected chi connectivity index (χ3v) is 4.14. The lowest BCUT2D eigenvalue weighted by atomic mass is 10.1. The van der Waals surface area contributed by atoms with Crippen molar-refractivity contribution in [2.24, 2.45) is 4.99 Å². The van der Waals surface area contributed by atoms with Crippen molar-refractivity contribution >= 4 is 23.5 Å². The second-order valence-corrected chi connectivity index (χ2v) is 5.45. The third kappa shape index (κ3) is 2.99. The van der Waals surface area contributed by atoms with Gasteiger partial charge in [0.2, 0.25) is 5.88 Å². The van der Waals surface area contributed by atoms with Crippen LogP contribution in [0.2, 0.25) is 5.02 Å². The minimum Gasteiger partial charge on any atom is -0.494 e. The molecule has 5 nitrogen and oxygen atoms in total. The van der Waals surface area contributed by atoms with Crippen LogP contribution in [0.25, 0.3) is 0 Å². The van der Waals surface area contributed by atoms with Gasteiger partial charge >= 0.3 is 0 Å². The largest absolute Gasteiger partial charge is 0.494 e. The fourth-order valence-electron chi connectivity index (χ4n) is 2.29. The van der Waals surface area contributed by atoms with E-state index in [1.165, 1.54) is 6.21 Å². The zero-order valence-electron chi connectivity index (χ0n) is 13.1. The summed E-state index contributed by atoms with van der Waals surface area (Å²) in [5.74, 6) is -0.197. The molecule has 0 aliphatic carbocycles. The second kappa shape index (κ2) is 6.67. The Hall–Kier alpha value is -2.58. The molecule has 0 amide bonds. The van der Waals surface area contributed by atoms with Crippen LogP contribution < -0.4 is 5.56 Å². The predicted octanol–water partition coefficient (Wildman–Crippen LogP) is 3.47. The van der Waals surface area contributed by atoms with Gasteiger partial charge in [0, 0.05) is 17.8 Å². The number of hydrogen-bond acceptors (Lipinski definition) is 4. The summed E-state index contributed by atoms with van der Waals surface area (Å²) in [6.07, 6.45) is 1.45. The van der Waals surface area contributed by atoms with Crippen LogP contribution in [-0.2, 0) is 6.54 Å². The number of nitriles is 1. The van der Waals surface area contributed by atoms with Crippen molar-refractivity contribution in [3.8, 4) is 11.9 Å². The normalized spacial score (nSPS) is 10.9. The molecule has 0 saturated heterocycles. The Labute approximate surface area is 139 Å². The van der Waals surface area contributed by atoms with E-state index in [9.17, 15) is 15.2 Å². The van der Waals surface area contributed by atoms with Gasteiger partial charge in [-0.1, -0.05) is 17.7 Å². The SMILES string of the molecule is CCn1c(O)c(C=Nc2cccc(Cl)c2C)c(C)c(C#N)c1=O. The van der Waals surface area contributed by atoms with Crippen LogP contribution in [0.4, 0.5) is 5.69 Å². The maximum atomic E-state index is 12.1. The maximum Gasteiger partial charge on any atom is 0.271 e. The molecule has 0 fully saturated rings. The molecule has 1 aromatic carbocycles. The molecule has 0 atom stereocenters. The van der Waals surface area contributed by atoms with E-state index >= 15 is 0 Å². The standard InChI is InChI=1S/C17H16ClN3O2/c1-4-21-16(22)12(8-19)10(2)13(17(21)23)9-20-15-7-5-6-14(18)11(15)3/h5-7,9,23H,4H2,1-3H3. The first-order valence-corrected chi connectivity index (χ1v) is 7.45. The molecule has 1 aromatic heterocycles. The van der Waals surface area contributed by atoms with Crippen LogP contribution in [0.1, 0.15) is 29.2 Å². The van der Waals surface area contributed by atoms with Crippen molar-refractivity contribution < 1.29 is 5.11 Å². The Morgan fingerprint density at radius 2 is 2.09 bits per heavy atom. The van der Waals surface area contributed by atoms with Crippen molar-refractivity contribution in [3.63, 3.8) is 0 Å². The first-order chi connectivity index (χ1) is 10.9. The van der Waals surface area contributed by atoms with Crippen molar-refractivity contribution in [2.75, 3.05) is 0 Å². The van der Waals surface area contributed by atoms with Crippen LogP contribution >= 0.6 is 11.6 Å². The molecule has 6 heteroatoms. The van der Waals surface area contributed by atoms with Gasteiger partial charge < -0.3 is 5.11 Å². The Morgan fingerprint density at radius 1 is 1.39 bits per heavy atom. The predicted molar refractivity (Wildman–Crippen MR) is 90.9 cm³/mol. The second-order valence-electron chi connectivity index (χ2n) is 5.04. The molecular formula is C17H16ClN3O2. The van der Waals surface area contributed by atoms with Gasteiger partial charge in [-0.25, -0.2) is 0 Å². The highest BCUT2D eigenvalue weighted by atomic mass is 35.5. The monoisotopic (exact) mass is 329 g/mol. The highest BCUT2D eigenvalue weighted by molar-refractivity contribution is 6.31. The van der Waals surface area contributed by atoms with Crippen LogP contribution in [0.3, 0.4) is 0 Å². The van der Waals surface area contributed by atoms with Crippen molar-refractivity contribution in [2.45, 2.75) is 27.3 Å². The summed E-state index contributed by atoms with van der Waals surface area (Å²) in [6, 6.07) is 7.24. The van der Waals surface area contributed by atoms with Gasteiger partial charge in [-0.05, 0) is 44.0 Å². The summed E-state index contributed by atoms with van der Waals surface area (Å²) in [7, 11) is 0. The first-order valence-electron chi connectivity index (χ1n) is 7.08. The van der Waals surface area contributed by atoms with Gasteiger partial charge in [0.05, 0.1) is 11.3 Å². The smallest absolute Gasteiger partial charge is 0.271 e. The molecule has 0 saturated carbocycles. The quantitative estimate of drug-likeness (QED) is 0.876. The lowest BCUT2D eigenvalue weighted by Gasteiger charge is -2.12. The third-order valence-electron chi connectivity index (χ3n) is 3.73. The minimum absolute atomic E-state index is 0.00826. The highest BCUT2D eigenvalue weighted by Crippen LogP contribution is 2.26. The summed E-state index contributed by atoms with van der Waals surface area (Å²) in [4.78, 5) is 16.5. The van der Waals surface area contributed by atoms with Crippen molar-refractivity contribution in [3.05, 3.63) is 55.8 Å². The Morgan fingerprint density at radius 3 is 2.70 bits per heavy atom. The summed E-state index contributed by atoms with van der Waals surface area (Å²) < 4.78 is 1.15. The molecular weight excluding hydrogens is 314 g/mol. The Kier molecular flexibility index (Phi) is 4.87. The van der Waals surface area contributed by atoms with Gasteiger partial charge in [-0.2, -0.15) is 5.26 Å². The molecule has 1 heterocycles. The lowest BCUT2D eigenvalue weighted by Crippen LogP contribution is -2.24. The summed E-state index contributed by atoms with van der Waals surface area (Å²) in [6.45, 7) is 5.44. The fraction of sp³-hybridized carbons (Fsp3) is 0.235. The van der Waals surface area contributed by atoms with E-state index in [1.807, 2.05) is 13.0 Å². The average molecular weight is 330 g/mol. The molecule has 1 N–H and O–H groups in total. The number of halogens is 1. The van der Waals surface area contributed by atoms with E-state index in [-0.39, 0.29) is 18.0 Å². The maximum absolute atomic E-state index is 12.1. The van der Waals surface area contributed by atoms with Crippen molar-refractivity contribution in [1.29, 1.82) is 5.26 Å². The minimum atomic E-state index is -0.499. The van der Waals surface area contributed by atoms with E-state index in [0.29, 0.717) is 21.8 Å². The number of aromatic nitrogens is 1. The van der Waals surface area contributed by atoms with Crippen LogP contribution in [0.15, 0.2) is 28.0 Å². The van der Waals surface area contributed by atoms with E-state index < -0.39 is 5.56 Å². The number of aromatic hydroxyl groups is 1. The van der Waals surface area contributed by atoms with E-state index in [4.69, 9.17) is 11.6 Å². The molecule has 2 aromatic rings. The number of aliphatic imine (C=N–C) groups is 1. The zero-order valence-corrected chi connectivity index (χ0v) is 13.8. The lowest BCUT2D eigenvalue weighted by molar-refractivity contribution is 0.409. The number of benzene rings is 1. The van der Waals surface area contributed by atoms with E-state index in [2.05, 4.69) is 4.99 Å². The van der Waals surface area contributed by atoms with Gasteiger partial charge in [-0.3, -0.25) is 14.4 Å². The van der Waals surface area contributed by atoms with Crippen LogP contribution in [-0.4, -0.2) is 15.9 Å². The zero-order chi connectivity index (χ0) is 17.1. The van der Waals surface area contributed by atoms with E-state index in [0.717, 1.165) is 10.1 Å². The molecule has 0 radical (unpaired) electrons. The summed E-state index contributed by atoms with van der Waals surface area (Å²) >= 11 is 6.06. The molecule has 0 bridgehead atoms. The van der Waals surface area contributed by atoms with Crippen LogP contribution in [0, 0.1) is 25.2 Å². The first kappa shape index (κ1) is 16.8. The van der Waals surface area contributed by atoms with Gasteiger partial charge in [0.25, 0.3) is 5.56 Å². The number of rotatable bonds is 3. The van der Waals surface area contributed by atoms with Crippen molar-refractivity contribution in [1.82, 2.24) is 4.57 Å². The highest BCUT2D eigenvalue weighted by Gasteiger charge is 2.17. The number of hydrogen-bond donors (Lipinski definition) is 1. The average Bonchev–Trinajstić information content (AvgIpc) is 2.52. The molecule has 0 spiro atoms. The van der Waals surface area contributed by atoms with Gasteiger partial charge in [-0.15, -0.1) is 0 Å². The number of pyridine rings is 1. The number of nitrogens with zero attached hydrogens (tertiary/aromatic N) is 3. The Bertz CT molecular complexity index is 892. The molecule has 2 rings (SSSR count). The summed E-state index contributed by atoms with van der Waals surface area (Å²) in [5, 5.41) is 20.1. The molecule has 0 aliphatic rings. The fourth-order valence-corrected chi connectivity index (χ4v) is 2.46. The van der Waals surface area contributed by atoms with Gasteiger partial charge in [0.15, 0.2) is 0 Å². The summed E-state index contributed by atoms with van der Waals surface area (Å²) in [5.41, 5.74) is 1.73. The molecule has 118 valence electrons. The molecule has 0 aliphatic heterocycles. The molecule has 0 unspecified atom stereocenters. The van der Waals surface area contributed by atoms with E-state index in [1.54, 1.807) is 32.0 Å². The van der Waals surface area contributed by atoms with Crippen LogP contribution in [0.5, 0.6) is 5.88 Å². The topological polar surface area (TPSA) is 78.4 Å².